The monoisotopic (exact) mass is 285 g/mol. The van der Waals surface area contributed by atoms with Crippen LogP contribution in [0, 0.1) is 0 Å². The summed E-state index contributed by atoms with van der Waals surface area (Å²) in [7, 11) is 0. The number of nitrogens with zero attached hydrogens (tertiary/aromatic N) is 1. The highest BCUT2D eigenvalue weighted by atomic mass is 35.5. The molecule has 0 N–H and O–H groups in total. The average Bonchev–Trinajstić information content (AvgIpc) is 2.75. The molecule has 0 bridgehead atoms. The van der Waals surface area contributed by atoms with E-state index in [1.54, 1.807) is 24.3 Å². The zero-order valence-corrected chi connectivity index (χ0v) is 11.4. The van der Waals surface area contributed by atoms with Gasteiger partial charge >= 0.3 is 0 Å². The second-order valence-electron chi connectivity index (χ2n) is 4.71. The molecule has 100 valence electrons. The van der Waals surface area contributed by atoms with Gasteiger partial charge in [0, 0.05) is 11.4 Å². The molecule has 0 aliphatic carbocycles. The number of hydrogen-bond donors (Lipinski definition) is 0. The van der Waals surface area contributed by atoms with Crippen molar-refractivity contribution in [2.24, 2.45) is 0 Å². The minimum atomic E-state index is -0.400. The molecule has 0 aromatic heterocycles. The summed E-state index contributed by atoms with van der Waals surface area (Å²) in [5, 5.41) is 0.506. The Morgan fingerprint density at radius 3 is 2.45 bits per heavy atom. The van der Waals surface area contributed by atoms with E-state index in [1.165, 1.54) is 4.90 Å². The topological polar surface area (TPSA) is 37.4 Å². The normalized spacial score (nSPS) is 18.6. The lowest BCUT2D eigenvalue weighted by molar-refractivity contribution is -0.121. The van der Waals surface area contributed by atoms with Gasteiger partial charge in [-0.3, -0.25) is 9.59 Å². The van der Waals surface area contributed by atoms with Crippen LogP contribution in [0.3, 0.4) is 0 Å². The molecule has 1 atom stereocenters. The molecule has 2 amide bonds. The van der Waals surface area contributed by atoms with Crippen LogP contribution < -0.4 is 4.90 Å². The molecule has 1 saturated heterocycles. The van der Waals surface area contributed by atoms with E-state index < -0.39 is 5.92 Å². The van der Waals surface area contributed by atoms with Gasteiger partial charge in [0.05, 0.1) is 11.6 Å². The van der Waals surface area contributed by atoms with Gasteiger partial charge in [-0.2, -0.15) is 0 Å². The van der Waals surface area contributed by atoms with E-state index in [9.17, 15) is 9.59 Å². The highest BCUT2D eigenvalue weighted by molar-refractivity contribution is 6.31. The van der Waals surface area contributed by atoms with Crippen LogP contribution in [0.4, 0.5) is 5.69 Å². The molecule has 0 radical (unpaired) electrons. The molecule has 2 aromatic carbocycles. The largest absolute Gasteiger partial charge is 0.274 e. The van der Waals surface area contributed by atoms with Crippen LogP contribution in [0.2, 0.25) is 5.02 Å². The SMILES string of the molecule is O=C1CC(c2ccccc2)C(=O)N1c1cccc(Cl)c1. The van der Waals surface area contributed by atoms with Crippen molar-refractivity contribution >= 4 is 29.1 Å². The lowest BCUT2D eigenvalue weighted by Crippen LogP contribution is -2.29. The number of rotatable bonds is 2. The zero-order chi connectivity index (χ0) is 14.1. The van der Waals surface area contributed by atoms with Crippen molar-refractivity contribution in [2.75, 3.05) is 4.90 Å². The number of carbonyl (C=O) groups excluding carboxylic acids is 2. The molecule has 20 heavy (non-hydrogen) atoms. The van der Waals surface area contributed by atoms with Gasteiger partial charge in [-0.15, -0.1) is 0 Å². The smallest absolute Gasteiger partial charge is 0.241 e. The first-order valence-electron chi connectivity index (χ1n) is 6.34. The Kier molecular flexibility index (Phi) is 3.28. The van der Waals surface area contributed by atoms with Gasteiger partial charge in [0.2, 0.25) is 11.8 Å². The molecule has 1 unspecified atom stereocenters. The van der Waals surface area contributed by atoms with Gasteiger partial charge in [0.15, 0.2) is 0 Å². The molecule has 1 heterocycles. The lowest BCUT2D eigenvalue weighted by atomic mass is 9.98. The summed E-state index contributed by atoms with van der Waals surface area (Å²) >= 11 is 5.92. The van der Waals surface area contributed by atoms with Gasteiger partial charge in [0.25, 0.3) is 0 Å². The van der Waals surface area contributed by atoms with Crippen molar-refractivity contribution in [3.8, 4) is 0 Å². The van der Waals surface area contributed by atoms with Gasteiger partial charge in [0.1, 0.15) is 0 Å². The predicted octanol–water partition coefficient (Wildman–Crippen LogP) is 3.39. The maximum atomic E-state index is 12.5. The lowest BCUT2D eigenvalue weighted by Gasteiger charge is -2.15. The van der Waals surface area contributed by atoms with E-state index in [0.717, 1.165) is 5.56 Å². The molecule has 1 fully saturated rings. The molecule has 2 aromatic rings. The van der Waals surface area contributed by atoms with Crippen LogP contribution in [0.15, 0.2) is 54.6 Å². The van der Waals surface area contributed by atoms with Crippen LogP contribution in [0.1, 0.15) is 17.9 Å². The standard InChI is InChI=1S/C16H12ClNO2/c17-12-7-4-8-13(9-12)18-15(19)10-14(16(18)20)11-5-2-1-3-6-11/h1-9,14H,10H2. The van der Waals surface area contributed by atoms with E-state index in [-0.39, 0.29) is 18.2 Å². The molecule has 1 aliphatic heterocycles. The van der Waals surface area contributed by atoms with Gasteiger partial charge in [-0.25, -0.2) is 4.90 Å². The predicted molar refractivity (Wildman–Crippen MR) is 77.7 cm³/mol. The number of hydrogen-bond acceptors (Lipinski definition) is 2. The van der Waals surface area contributed by atoms with Crippen molar-refractivity contribution in [1.29, 1.82) is 0 Å². The van der Waals surface area contributed by atoms with E-state index in [2.05, 4.69) is 0 Å². The Bertz CT molecular complexity index is 669. The van der Waals surface area contributed by atoms with Gasteiger partial charge < -0.3 is 0 Å². The van der Waals surface area contributed by atoms with Crippen LogP contribution in [-0.2, 0) is 9.59 Å². The number of halogens is 1. The summed E-state index contributed by atoms with van der Waals surface area (Å²) in [4.78, 5) is 25.9. The molecular formula is C16H12ClNO2. The number of carbonyl (C=O) groups is 2. The molecule has 0 spiro atoms. The summed E-state index contributed by atoms with van der Waals surface area (Å²) in [5.74, 6) is -0.780. The summed E-state index contributed by atoms with van der Waals surface area (Å²) in [6.45, 7) is 0. The fourth-order valence-corrected chi connectivity index (χ4v) is 2.65. The average molecular weight is 286 g/mol. The Labute approximate surface area is 121 Å². The van der Waals surface area contributed by atoms with Crippen molar-refractivity contribution in [3.63, 3.8) is 0 Å². The highest BCUT2D eigenvalue weighted by Crippen LogP contribution is 2.33. The first-order valence-corrected chi connectivity index (χ1v) is 6.72. The number of imide groups is 1. The van der Waals surface area contributed by atoms with Gasteiger partial charge in [-0.05, 0) is 23.8 Å². The maximum Gasteiger partial charge on any atom is 0.241 e. The summed E-state index contributed by atoms with van der Waals surface area (Å²) in [6.07, 6.45) is 0.204. The molecule has 0 saturated carbocycles. The third-order valence-electron chi connectivity index (χ3n) is 3.41. The minimum absolute atomic E-state index is 0.189. The van der Waals surface area contributed by atoms with Gasteiger partial charge in [-0.1, -0.05) is 48.0 Å². The third-order valence-corrected chi connectivity index (χ3v) is 3.65. The van der Waals surface area contributed by atoms with Crippen LogP contribution in [0.25, 0.3) is 0 Å². The van der Waals surface area contributed by atoms with Crippen LogP contribution in [-0.4, -0.2) is 11.8 Å². The maximum absolute atomic E-state index is 12.5. The van der Waals surface area contributed by atoms with Crippen molar-refractivity contribution in [3.05, 3.63) is 65.2 Å². The van der Waals surface area contributed by atoms with Crippen molar-refractivity contribution in [1.82, 2.24) is 0 Å². The third kappa shape index (κ3) is 2.21. The number of amides is 2. The summed E-state index contributed by atoms with van der Waals surface area (Å²) in [5.41, 5.74) is 1.40. The van der Waals surface area contributed by atoms with E-state index in [4.69, 9.17) is 11.6 Å². The highest BCUT2D eigenvalue weighted by Gasteiger charge is 2.40. The van der Waals surface area contributed by atoms with E-state index >= 15 is 0 Å². The van der Waals surface area contributed by atoms with E-state index in [0.29, 0.717) is 10.7 Å². The summed E-state index contributed by atoms with van der Waals surface area (Å²) in [6, 6.07) is 16.2. The van der Waals surface area contributed by atoms with Crippen molar-refractivity contribution in [2.45, 2.75) is 12.3 Å². The molecule has 4 heteroatoms. The Morgan fingerprint density at radius 1 is 1.00 bits per heavy atom. The zero-order valence-electron chi connectivity index (χ0n) is 10.6. The Hall–Kier alpha value is -2.13. The first-order chi connectivity index (χ1) is 9.66. The quantitative estimate of drug-likeness (QED) is 0.793. The Balaban J connectivity index is 1.95. The first kappa shape index (κ1) is 12.9. The second-order valence-corrected chi connectivity index (χ2v) is 5.15. The van der Waals surface area contributed by atoms with E-state index in [1.807, 2.05) is 30.3 Å². The second kappa shape index (κ2) is 5.10. The number of anilines is 1. The van der Waals surface area contributed by atoms with Crippen molar-refractivity contribution < 1.29 is 9.59 Å². The fourth-order valence-electron chi connectivity index (χ4n) is 2.46. The van der Waals surface area contributed by atoms with Crippen LogP contribution in [0.5, 0.6) is 0 Å². The summed E-state index contributed by atoms with van der Waals surface area (Å²) < 4.78 is 0. The molecule has 1 aliphatic rings. The molecular weight excluding hydrogens is 274 g/mol. The molecule has 3 rings (SSSR count). The molecule has 3 nitrogen and oxygen atoms in total. The fraction of sp³-hybridized carbons (Fsp3) is 0.125. The Morgan fingerprint density at radius 2 is 1.75 bits per heavy atom. The van der Waals surface area contributed by atoms with Crippen LogP contribution >= 0.6 is 11.6 Å². The number of benzene rings is 2. The minimum Gasteiger partial charge on any atom is -0.274 e.